The smallest absolute Gasteiger partial charge is 0.0675 e. The first-order valence-electron chi connectivity index (χ1n) is 6.03. The summed E-state index contributed by atoms with van der Waals surface area (Å²) < 4.78 is 5.28. The van der Waals surface area contributed by atoms with Crippen molar-refractivity contribution in [1.82, 2.24) is 0 Å². The van der Waals surface area contributed by atoms with E-state index in [1.165, 1.54) is 12.8 Å². The highest BCUT2D eigenvalue weighted by atomic mass is 32.2. The predicted molar refractivity (Wildman–Crippen MR) is 62.1 cm³/mol. The molecule has 0 aromatic carbocycles. The minimum atomic E-state index is -0.379. The van der Waals surface area contributed by atoms with Crippen LogP contribution in [-0.4, -0.2) is 34.4 Å². The van der Waals surface area contributed by atoms with Crippen molar-refractivity contribution < 1.29 is 9.84 Å². The van der Waals surface area contributed by atoms with Crippen molar-refractivity contribution in [1.29, 1.82) is 0 Å². The quantitative estimate of drug-likeness (QED) is 0.785. The molecule has 3 saturated heterocycles. The molecule has 3 aliphatic rings. The number of hydrogen-bond donors (Lipinski definition) is 1. The number of fused-ring (bicyclic) bond motifs is 2. The Morgan fingerprint density at radius 1 is 1.27 bits per heavy atom. The molecule has 3 heteroatoms. The van der Waals surface area contributed by atoms with Crippen LogP contribution in [0, 0.1) is 5.41 Å². The van der Waals surface area contributed by atoms with Gasteiger partial charge in [0.15, 0.2) is 0 Å². The lowest BCUT2D eigenvalue weighted by molar-refractivity contribution is -0.144. The van der Waals surface area contributed by atoms with E-state index in [0.717, 1.165) is 43.0 Å². The lowest BCUT2D eigenvalue weighted by atomic mass is 9.74. The van der Waals surface area contributed by atoms with Crippen LogP contribution in [0.25, 0.3) is 0 Å². The fraction of sp³-hybridized carbons (Fsp3) is 1.00. The molecule has 0 aromatic heterocycles. The molecular weight excluding hydrogens is 208 g/mol. The third kappa shape index (κ3) is 1.94. The van der Waals surface area contributed by atoms with Gasteiger partial charge in [0.25, 0.3) is 0 Å². The maximum Gasteiger partial charge on any atom is 0.0675 e. The van der Waals surface area contributed by atoms with Gasteiger partial charge in [0.05, 0.1) is 18.8 Å². The first-order valence-corrected chi connectivity index (χ1v) is 6.97. The molecule has 0 spiro atoms. The largest absolute Gasteiger partial charge is 0.390 e. The average molecular weight is 228 g/mol. The Kier molecular flexibility index (Phi) is 2.35. The Morgan fingerprint density at radius 3 is 2.33 bits per heavy atom. The minimum Gasteiger partial charge on any atom is -0.390 e. The van der Waals surface area contributed by atoms with Crippen LogP contribution in [0.5, 0.6) is 0 Å². The van der Waals surface area contributed by atoms with Crippen LogP contribution in [0.2, 0.25) is 0 Å². The first-order chi connectivity index (χ1) is 7.07. The van der Waals surface area contributed by atoms with Crippen LogP contribution in [0.1, 0.15) is 39.0 Å². The first kappa shape index (κ1) is 10.4. The third-order valence-electron chi connectivity index (χ3n) is 4.07. The summed E-state index contributed by atoms with van der Waals surface area (Å²) in [5, 5.41) is 12.2. The Balaban J connectivity index is 1.68. The highest BCUT2D eigenvalue weighted by molar-refractivity contribution is 8.00. The maximum atomic E-state index is 10.7. The van der Waals surface area contributed by atoms with Crippen LogP contribution in [0.3, 0.4) is 0 Å². The molecule has 3 aliphatic heterocycles. The number of ether oxygens (including phenoxy) is 1. The second-order valence-electron chi connectivity index (χ2n) is 6.07. The lowest BCUT2D eigenvalue weighted by Gasteiger charge is -2.46. The standard InChI is InChI=1S/C12H20O2S/c1-11(7-14-8-11)6-12(13)4-9-2-3-10(5-12)15-9/h9-10,13H,2-8H2,1H3. The van der Waals surface area contributed by atoms with Gasteiger partial charge in [-0.05, 0) is 32.1 Å². The second-order valence-corrected chi connectivity index (χ2v) is 7.68. The van der Waals surface area contributed by atoms with Gasteiger partial charge < -0.3 is 9.84 Å². The van der Waals surface area contributed by atoms with Gasteiger partial charge in [-0.1, -0.05) is 6.92 Å². The summed E-state index contributed by atoms with van der Waals surface area (Å²) in [5.74, 6) is 0. The number of aliphatic hydroxyl groups is 1. The number of thioether (sulfide) groups is 1. The van der Waals surface area contributed by atoms with E-state index in [1.807, 2.05) is 0 Å². The van der Waals surface area contributed by atoms with E-state index in [9.17, 15) is 5.11 Å². The van der Waals surface area contributed by atoms with Crippen molar-refractivity contribution in [2.75, 3.05) is 13.2 Å². The Morgan fingerprint density at radius 2 is 1.87 bits per heavy atom. The summed E-state index contributed by atoms with van der Waals surface area (Å²) in [7, 11) is 0. The molecule has 3 heterocycles. The summed E-state index contributed by atoms with van der Waals surface area (Å²) in [6.45, 7) is 3.94. The van der Waals surface area contributed by atoms with Gasteiger partial charge in [0.1, 0.15) is 0 Å². The van der Waals surface area contributed by atoms with E-state index in [-0.39, 0.29) is 11.0 Å². The number of rotatable bonds is 2. The molecule has 2 nitrogen and oxygen atoms in total. The summed E-state index contributed by atoms with van der Waals surface area (Å²) in [6.07, 6.45) is 5.64. The third-order valence-corrected chi connectivity index (χ3v) is 5.64. The molecule has 86 valence electrons. The molecule has 15 heavy (non-hydrogen) atoms. The molecule has 3 rings (SSSR count). The Bertz CT molecular complexity index is 250. The summed E-state index contributed by atoms with van der Waals surface area (Å²) >= 11 is 2.11. The topological polar surface area (TPSA) is 29.5 Å². The van der Waals surface area contributed by atoms with Gasteiger partial charge >= 0.3 is 0 Å². The monoisotopic (exact) mass is 228 g/mol. The second kappa shape index (κ2) is 3.38. The zero-order chi connectivity index (χ0) is 10.5. The van der Waals surface area contributed by atoms with Crippen molar-refractivity contribution in [2.45, 2.75) is 55.1 Å². The van der Waals surface area contributed by atoms with Gasteiger partial charge in [-0.3, -0.25) is 0 Å². The molecule has 1 N–H and O–H groups in total. The fourth-order valence-electron chi connectivity index (χ4n) is 3.50. The van der Waals surface area contributed by atoms with Gasteiger partial charge in [0.2, 0.25) is 0 Å². The predicted octanol–water partition coefficient (Wildman–Crippen LogP) is 2.20. The van der Waals surface area contributed by atoms with Crippen LogP contribution < -0.4 is 0 Å². The SMILES string of the molecule is CC1(CC2(O)CC3CCC(C2)S3)COC1. The van der Waals surface area contributed by atoms with Crippen LogP contribution in [-0.2, 0) is 4.74 Å². The van der Waals surface area contributed by atoms with Gasteiger partial charge in [-0.2, -0.15) is 11.8 Å². The van der Waals surface area contributed by atoms with Crippen molar-refractivity contribution in [2.24, 2.45) is 5.41 Å². The summed E-state index contributed by atoms with van der Waals surface area (Å²) in [6, 6.07) is 0. The van der Waals surface area contributed by atoms with Gasteiger partial charge in [-0.15, -0.1) is 0 Å². The highest BCUT2D eigenvalue weighted by Gasteiger charge is 2.48. The minimum absolute atomic E-state index is 0.260. The molecule has 2 atom stereocenters. The van der Waals surface area contributed by atoms with E-state index in [2.05, 4.69) is 18.7 Å². The normalized spacial score (nSPS) is 47.6. The van der Waals surface area contributed by atoms with Crippen LogP contribution in [0.15, 0.2) is 0 Å². The summed E-state index contributed by atoms with van der Waals surface area (Å²) in [5.41, 5.74) is -0.119. The maximum absolute atomic E-state index is 10.7. The molecule has 0 amide bonds. The average Bonchev–Trinajstić information content (AvgIpc) is 2.43. The Labute approximate surface area is 95.8 Å². The van der Waals surface area contributed by atoms with Gasteiger partial charge in [-0.25, -0.2) is 0 Å². The molecule has 0 aliphatic carbocycles. The molecule has 2 bridgehead atoms. The lowest BCUT2D eigenvalue weighted by Crippen LogP contribution is -2.49. The molecule has 0 radical (unpaired) electrons. The van der Waals surface area contributed by atoms with Crippen molar-refractivity contribution >= 4 is 11.8 Å². The summed E-state index contributed by atoms with van der Waals surface area (Å²) in [4.78, 5) is 0. The highest BCUT2D eigenvalue weighted by Crippen LogP contribution is 2.51. The van der Waals surface area contributed by atoms with E-state index in [1.54, 1.807) is 0 Å². The van der Waals surface area contributed by atoms with Crippen molar-refractivity contribution in [3.05, 3.63) is 0 Å². The van der Waals surface area contributed by atoms with E-state index < -0.39 is 0 Å². The van der Waals surface area contributed by atoms with Crippen LogP contribution in [0.4, 0.5) is 0 Å². The van der Waals surface area contributed by atoms with Crippen molar-refractivity contribution in [3.63, 3.8) is 0 Å². The van der Waals surface area contributed by atoms with Crippen LogP contribution >= 0.6 is 11.8 Å². The Hall–Kier alpha value is 0.270. The van der Waals surface area contributed by atoms with Crippen molar-refractivity contribution in [3.8, 4) is 0 Å². The molecular formula is C12H20O2S. The zero-order valence-electron chi connectivity index (χ0n) is 9.37. The van der Waals surface area contributed by atoms with E-state index in [0.29, 0.717) is 0 Å². The van der Waals surface area contributed by atoms with E-state index in [4.69, 9.17) is 4.74 Å². The molecule has 2 unspecified atom stereocenters. The fourth-order valence-corrected chi connectivity index (χ4v) is 5.40. The molecule has 3 fully saturated rings. The molecule has 0 aromatic rings. The molecule has 0 saturated carbocycles. The van der Waals surface area contributed by atoms with Gasteiger partial charge in [0, 0.05) is 15.9 Å². The van der Waals surface area contributed by atoms with E-state index >= 15 is 0 Å². The zero-order valence-corrected chi connectivity index (χ0v) is 10.2. The number of hydrogen-bond acceptors (Lipinski definition) is 3.